The number of ether oxygens (including phenoxy) is 1. The molecule has 2 heterocycles. The highest BCUT2D eigenvalue weighted by atomic mass is 19.4. The van der Waals surface area contributed by atoms with Gasteiger partial charge < -0.3 is 19.6 Å². The number of nitrogens with zero attached hydrogens (tertiary/aromatic N) is 2. The highest BCUT2D eigenvalue weighted by Gasteiger charge is 2.29. The number of alkyl halides is 3. The number of aromatic nitrogens is 2. The van der Waals surface area contributed by atoms with Crippen molar-refractivity contribution < 1.29 is 32.2 Å². The monoisotopic (exact) mass is 465 g/mol. The van der Waals surface area contributed by atoms with Gasteiger partial charge in [-0.25, -0.2) is 9.37 Å². The quantitative estimate of drug-likeness (QED) is 0.531. The molecule has 0 saturated heterocycles. The minimum absolute atomic E-state index is 0.0437. The fourth-order valence-electron chi connectivity index (χ4n) is 4.09. The van der Waals surface area contributed by atoms with Crippen LogP contribution in [0.2, 0.25) is 0 Å². The molecule has 1 amide bonds. The summed E-state index contributed by atoms with van der Waals surface area (Å²) in [4.78, 5) is 17.1. The van der Waals surface area contributed by atoms with Gasteiger partial charge in [0.2, 0.25) is 0 Å². The molecule has 0 radical (unpaired) electrons. The zero-order chi connectivity index (χ0) is 23.6. The third-order valence-corrected chi connectivity index (χ3v) is 5.76. The molecule has 1 aromatic carbocycles. The number of imidazole rings is 1. The van der Waals surface area contributed by atoms with Crippen molar-refractivity contribution in [3.63, 3.8) is 0 Å². The highest BCUT2D eigenvalue weighted by Crippen LogP contribution is 2.34. The summed E-state index contributed by atoms with van der Waals surface area (Å²) in [6.45, 7) is -1.36. The van der Waals surface area contributed by atoms with Crippen molar-refractivity contribution in [1.82, 2.24) is 14.7 Å². The van der Waals surface area contributed by atoms with E-state index in [0.29, 0.717) is 0 Å². The summed E-state index contributed by atoms with van der Waals surface area (Å²) in [5.41, 5.74) is 0.717. The van der Waals surface area contributed by atoms with Crippen LogP contribution in [0.3, 0.4) is 0 Å². The Morgan fingerprint density at radius 3 is 2.58 bits per heavy atom. The number of para-hydroxylation sites is 1. The van der Waals surface area contributed by atoms with Crippen LogP contribution in [0.25, 0.3) is 16.8 Å². The number of rotatable bonds is 6. The van der Waals surface area contributed by atoms with Gasteiger partial charge in [-0.05, 0) is 43.7 Å². The third kappa shape index (κ3) is 5.44. The summed E-state index contributed by atoms with van der Waals surface area (Å²) < 4.78 is 58.6. The largest absolute Gasteiger partial charge is 0.483 e. The van der Waals surface area contributed by atoms with Crippen molar-refractivity contribution in [1.29, 1.82) is 0 Å². The molecule has 33 heavy (non-hydrogen) atoms. The first-order valence-electron chi connectivity index (χ1n) is 10.6. The fraction of sp³-hybridized carbons (Fsp3) is 0.391. The summed E-state index contributed by atoms with van der Waals surface area (Å²) in [7, 11) is 0. The molecule has 1 saturated carbocycles. The SMILES string of the molecule is O=C(N[C@H]1CC[C@@H](CO)CC1)c1cn2cc(F)cc(-c3ccccc3OCC(F)(F)F)c2n1. The van der Waals surface area contributed by atoms with Gasteiger partial charge in [0.25, 0.3) is 5.91 Å². The maximum atomic E-state index is 14.4. The third-order valence-electron chi connectivity index (χ3n) is 5.76. The Labute approximate surface area is 187 Å². The maximum Gasteiger partial charge on any atom is 0.422 e. The second-order valence-corrected chi connectivity index (χ2v) is 8.20. The number of fused-ring (bicyclic) bond motifs is 1. The van der Waals surface area contributed by atoms with Crippen molar-refractivity contribution >= 4 is 11.6 Å². The lowest BCUT2D eigenvalue weighted by atomic mass is 9.86. The zero-order valence-electron chi connectivity index (χ0n) is 17.6. The molecule has 0 atom stereocenters. The van der Waals surface area contributed by atoms with Crippen LogP contribution in [0.5, 0.6) is 5.75 Å². The molecule has 1 aliphatic carbocycles. The lowest BCUT2D eigenvalue weighted by Crippen LogP contribution is -2.38. The Bertz CT molecular complexity index is 1140. The maximum absolute atomic E-state index is 14.4. The molecule has 0 bridgehead atoms. The summed E-state index contributed by atoms with van der Waals surface area (Å²) >= 11 is 0. The molecule has 2 N–H and O–H groups in total. The number of benzene rings is 1. The van der Waals surface area contributed by atoms with Crippen molar-refractivity contribution in [3.05, 3.63) is 54.2 Å². The van der Waals surface area contributed by atoms with E-state index in [1.165, 1.54) is 28.8 Å². The van der Waals surface area contributed by atoms with E-state index in [-0.39, 0.29) is 46.8 Å². The molecule has 10 heteroatoms. The molecule has 2 aromatic heterocycles. The van der Waals surface area contributed by atoms with E-state index < -0.39 is 24.5 Å². The number of carbonyl (C=O) groups is 1. The molecule has 4 rings (SSSR count). The number of hydrogen-bond acceptors (Lipinski definition) is 4. The minimum Gasteiger partial charge on any atom is -0.483 e. The number of carbonyl (C=O) groups excluding carboxylic acids is 1. The molecule has 176 valence electrons. The number of amides is 1. The summed E-state index contributed by atoms with van der Waals surface area (Å²) in [5, 5.41) is 12.2. The standard InChI is InChI=1S/C23H23F4N3O3/c24-15-9-18(17-3-1-2-4-20(17)33-13-23(25,26)27)21-29-19(11-30(21)10-15)22(32)28-16-7-5-14(12-31)6-8-16/h1-4,9-11,14,16,31H,5-8,12-13H2,(H,28,32)/t14-,16+. The molecule has 0 unspecified atom stereocenters. The molecular weight excluding hydrogens is 442 g/mol. The summed E-state index contributed by atoms with van der Waals surface area (Å²) in [6.07, 6.45) is 1.12. The van der Waals surface area contributed by atoms with Crippen molar-refractivity contribution in [2.75, 3.05) is 13.2 Å². The van der Waals surface area contributed by atoms with Gasteiger partial charge in [-0.1, -0.05) is 18.2 Å². The predicted molar refractivity (Wildman–Crippen MR) is 112 cm³/mol. The highest BCUT2D eigenvalue weighted by molar-refractivity contribution is 5.94. The Kier molecular flexibility index (Phi) is 6.55. The van der Waals surface area contributed by atoms with Gasteiger partial charge in [-0.2, -0.15) is 13.2 Å². The average molecular weight is 465 g/mol. The van der Waals surface area contributed by atoms with E-state index in [0.717, 1.165) is 37.9 Å². The van der Waals surface area contributed by atoms with Crippen LogP contribution in [0.15, 0.2) is 42.7 Å². The molecule has 6 nitrogen and oxygen atoms in total. The van der Waals surface area contributed by atoms with E-state index in [1.54, 1.807) is 6.07 Å². The lowest BCUT2D eigenvalue weighted by Gasteiger charge is -2.27. The number of pyridine rings is 1. The van der Waals surface area contributed by atoms with Gasteiger partial charge in [0.1, 0.15) is 22.9 Å². The number of hydrogen-bond donors (Lipinski definition) is 2. The van der Waals surface area contributed by atoms with Crippen molar-refractivity contribution in [2.45, 2.75) is 37.9 Å². The zero-order valence-corrected chi connectivity index (χ0v) is 17.6. The Morgan fingerprint density at radius 2 is 1.88 bits per heavy atom. The first-order valence-corrected chi connectivity index (χ1v) is 10.6. The van der Waals surface area contributed by atoms with Gasteiger partial charge >= 0.3 is 6.18 Å². The van der Waals surface area contributed by atoms with Crippen LogP contribution in [0.1, 0.15) is 36.2 Å². The first-order chi connectivity index (χ1) is 15.7. The first kappa shape index (κ1) is 23.0. The minimum atomic E-state index is -4.53. The molecule has 0 aliphatic heterocycles. The number of halogens is 4. The predicted octanol–water partition coefficient (Wildman–Crippen LogP) is 4.36. The fourth-order valence-corrected chi connectivity index (χ4v) is 4.09. The normalized spacial score (nSPS) is 18.9. The number of aliphatic hydroxyl groups excluding tert-OH is 1. The Morgan fingerprint density at radius 1 is 1.15 bits per heavy atom. The van der Waals surface area contributed by atoms with Gasteiger partial charge in [0.15, 0.2) is 6.61 Å². The molecule has 1 aliphatic rings. The molecule has 0 spiro atoms. The average Bonchev–Trinajstić information content (AvgIpc) is 3.21. The van der Waals surface area contributed by atoms with Crippen molar-refractivity contribution in [3.8, 4) is 16.9 Å². The van der Waals surface area contributed by atoms with Crippen LogP contribution in [0.4, 0.5) is 17.6 Å². The van der Waals surface area contributed by atoms with E-state index in [2.05, 4.69) is 10.3 Å². The van der Waals surface area contributed by atoms with Crippen LogP contribution in [-0.4, -0.2) is 45.8 Å². The summed E-state index contributed by atoms with van der Waals surface area (Å²) in [6, 6.07) is 7.09. The van der Waals surface area contributed by atoms with Crippen LogP contribution >= 0.6 is 0 Å². The van der Waals surface area contributed by atoms with Gasteiger partial charge in [0.05, 0.1) is 0 Å². The summed E-state index contributed by atoms with van der Waals surface area (Å²) in [5.74, 6) is -0.885. The molecule has 3 aromatic rings. The second kappa shape index (κ2) is 9.38. The van der Waals surface area contributed by atoms with Gasteiger partial charge in [-0.15, -0.1) is 0 Å². The molecular formula is C23H23F4N3O3. The van der Waals surface area contributed by atoms with E-state index in [1.807, 2.05) is 0 Å². The lowest BCUT2D eigenvalue weighted by molar-refractivity contribution is -0.153. The number of aliphatic hydroxyl groups is 1. The van der Waals surface area contributed by atoms with Crippen LogP contribution in [-0.2, 0) is 0 Å². The number of nitrogens with one attached hydrogen (secondary N) is 1. The Balaban J connectivity index is 1.62. The van der Waals surface area contributed by atoms with Crippen molar-refractivity contribution in [2.24, 2.45) is 5.92 Å². The van der Waals surface area contributed by atoms with E-state index in [4.69, 9.17) is 4.74 Å². The topological polar surface area (TPSA) is 75.9 Å². The van der Waals surface area contributed by atoms with Gasteiger partial charge in [-0.3, -0.25) is 4.79 Å². The molecule has 1 fully saturated rings. The van der Waals surface area contributed by atoms with Gasteiger partial charge in [0, 0.05) is 36.2 Å². The van der Waals surface area contributed by atoms with E-state index >= 15 is 0 Å². The second-order valence-electron chi connectivity index (χ2n) is 8.20. The van der Waals surface area contributed by atoms with E-state index in [9.17, 15) is 27.5 Å². The van der Waals surface area contributed by atoms with Crippen LogP contribution < -0.4 is 10.1 Å². The van der Waals surface area contributed by atoms with Crippen LogP contribution in [0, 0.1) is 11.7 Å². The smallest absolute Gasteiger partial charge is 0.422 e. The Hall–Kier alpha value is -3.14.